The Morgan fingerprint density at radius 2 is 1.61 bits per heavy atom. The molecule has 0 saturated carbocycles. The molecule has 5 aliphatic carbocycles. The molecule has 2 nitrogen and oxygen atoms in total. The van der Waals surface area contributed by atoms with Gasteiger partial charge in [-0.25, -0.2) is 0 Å². The average Bonchev–Trinajstić information content (AvgIpc) is 3.37. The third-order valence-electron chi connectivity index (χ3n) is 11.8. The number of aryl methyl sites for hydroxylation is 1. The van der Waals surface area contributed by atoms with E-state index in [0.29, 0.717) is 0 Å². The molecule has 0 N–H and O–H groups in total. The summed E-state index contributed by atoms with van der Waals surface area (Å²) >= 11 is 0. The minimum absolute atomic E-state index is 0.437. The highest BCUT2D eigenvalue weighted by Crippen LogP contribution is 2.63. The first kappa shape index (κ1) is 35.3. The van der Waals surface area contributed by atoms with E-state index in [0.717, 1.165) is 32.2 Å². The second-order valence-electron chi connectivity index (χ2n) is 15.2. The van der Waals surface area contributed by atoms with Crippen LogP contribution in [0.3, 0.4) is 0 Å². The smallest absolute Gasteiger partial charge is 0.0689 e. The summed E-state index contributed by atoms with van der Waals surface area (Å²) in [6, 6.07) is 35.9. The molecule has 2 heteroatoms. The summed E-state index contributed by atoms with van der Waals surface area (Å²) in [5.41, 5.74) is 18.8. The van der Waals surface area contributed by atoms with E-state index >= 15 is 0 Å². The van der Waals surface area contributed by atoms with Crippen molar-refractivity contribution >= 4 is 28.2 Å². The molecule has 0 bridgehead atoms. The largest absolute Gasteiger partial charge is 0.338 e. The van der Waals surface area contributed by atoms with Crippen molar-refractivity contribution in [2.45, 2.75) is 44.9 Å². The van der Waals surface area contributed by atoms with E-state index in [9.17, 15) is 0 Å². The Labute approximate surface area is 332 Å². The van der Waals surface area contributed by atoms with E-state index in [1.807, 2.05) is 0 Å². The van der Waals surface area contributed by atoms with Gasteiger partial charge in [0, 0.05) is 41.4 Å². The molecule has 1 spiro atoms. The summed E-state index contributed by atoms with van der Waals surface area (Å²) in [7, 11) is 0. The predicted octanol–water partition coefficient (Wildman–Crippen LogP) is 13.7. The lowest BCUT2D eigenvalue weighted by molar-refractivity contribution is 0.709. The zero-order chi connectivity index (χ0) is 38.1. The summed E-state index contributed by atoms with van der Waals surface area (Å²) in [6.45, 7) is 9.68. The average molecular weight is 725 g/mol. The third kappa shape index (κ3) is 6.07. The normalized spacial score (nSPS) is 19.4. The second kappa shape index (κ2) is 15.0. The van der Waals surface area contributed by atoms with Gasteiger partial charge in [0.2, 0.25) is 0 Å². The van der Waals surface area contributed by atoms with Gasteiger partial charge < -0.3 is 9.80 Å². The minimum Gasteiger partial charge on any atom is -0.338 e. The number of rotatable bonds is 9. The highest BCUT2D eigenvalue weighted by molar-refractivity contribution is 6.00. The molecule has 9 rings (SSSR count). The lowest BCUT2D eigenvalue weighted by atomic mass is 9.67. The van der Waals surface area contributed by atoms with E-state index in [4.69, 9.17) is 0 Å². The SMILES string of the molecule is C=CC1=C(/C=C\CN(c2ccccc2)c2cccc(C)c2)c2ccc(N(C3=CCC=CC(C)=C3)C3=CC=CC=CC3)cc2C12C1=C(C=CCC1)c1ccccc12. The fourth-order valence-corrected chi connectivity index (χ4v) is 9.47. The summed E-state index contributed by atoms with van der Waals surface area (Å²) in [5.74, 6) is 0. The zero-order valence-corrected chi connectivity index (χ0v) is 32.5. The Morgan fingerprint density at radius 1 is 0.750 bits per heavy atom. The Morgan fingerprint density at radius 3 is 2.48 bits per heavy atom. The molecular formula is C54H48N2. The van der Waals surface area contributed by atoms with Gasteiger partial charge in [-0.05, 0) is 137 Å². The number of anilines is 3. The van der Waals surface area contributed by atoms with Crippen LogP contribution >= 0.6 is 0 Å². The molecule has 4 aromatic carbocycles. The van der Waals surface area contributed by atoms with Gasteiger partial charge in [0.15, 0.2) is 0 Å². The van der Waals surface area contributed by atoms with Crippen LogP contribution in [0.25, 0.3) is 11.1 Å². The van der Waals surface area contributed by atoms with E-state index in [2.05, 4.69) is 212 Å². The number of fused-ring (bicyclic) bond motifs is 6. The Kier molecular flexibility index (Phi) is 9.49. The van der Waals surface area contributed by atoms with Crippen molar-refractivity contribution in [1.29, 1.82) is 0 Å². The van der Waals surface area contributed by atoms with Crippen LogP contribution in [0.1, 0.15) is 60.4 Å². The quantitative estimate of drug-likeness (QED) is 0.170. The van der Waals surface area contributed by atoms with Crippen molar-refractivity contribution in [1.82, 2.24) is 0 Å². The fraction of sp³-hybridized carbons (Fsp3) is 0.148. The van der Waals surface area contributed by atoms with E-state index in [-0.39, 0.29) is 0 Å². The molecule has 0 radical (unpaired) electrons. The molecule has 1 atom stereocenters. The standard InChI is InChI=1S/C54H48N2/c1-4-50-46(30-19-35-55(41-22-10-7-11-23-41)43-27-18-21-40(3)36-43)49-34-33-45(56(42-24-8-5-6-9-25-42)44-26-13-12-20-39(2)37-44)38-53(49)54(50)51-31-16-14-28-47(51)48-29-15-17-32-52(48)54/h4-12,14-16,18-24,26-31,33-34,36-38H,1,13,17,25,32,35H2,2-3H3/b30-19-. The Bertz CT molecular complexity index is 2540. The van der Waals surface area contributed by atoms with Gasteiger partial charge in [0.05, 0.1) is 5.41 Å². The second-order valence-corrected chi connectivity index (χ2v) is 15.2. The Hall–Kier alpha value is -6.38. The molecule has 1 unspecified atom stereocenters. The number of para-hydroxylation sites is 1. The van der Waals surface area contributed by atoms with Crippen molar-refractivity contribution in [2.75, 3.05) is 16.3 Å². The highest BCUT2D eigenvalue weighted by Gasteiger charge is 2.52. The van der Waals surface area contributed by atoms with Gasteiger partial charge in [0.25, 0.3) is 0 Å². The van der Waals surface area contributed by atoms with Gasteiger partial charge >= 0.3 is 0 Å². The van der Waals surface area contributed by atoms with Crippen LogP contribution in [0.15, 0.2) is 217 Å². The molecular weight excluding hydrogens is 677 g/mol. The first-order valence-corrected chi connectivity index (χ1v) is 20.0. The molecule has 0 amide bonds. The van der Waals surface area contributed by atoms with E-state index in [1.165, 1.54) is 84.1 Å². The maximum atomic E-state index is 4.59. The summed E-state index contributed by atoms with van der Waals surface area (Å²) in [6.07, 6.45) is 35.6. The molecule has 0 aromatic heterocycles. The van der Waals surface area contributed by atoms with Crippen molar-refractivity contribution in [3.05, 3.63) is 245 Å². The van der Waals surface area contributed by atoms with Crippen LogP contribution in [-0.4, -0.2) is 6.54 Å². The third-order valence-corrected chi connectivity index (χ3v) is 11.8. The minimum atomic E-state index is -0.437. The van der Waals surface area contributed by atoms with Crippen molar-refractivity contribution in [2.24, 2.45) is 0 Å². The fourth-order valence-electron chi connectivity index (χ4n) is 9.47. The Balaban J connectivity index is 1.24. The van der Waals surface area contributed by atoms with Crippen molar-refractivity contribution < 1.29 is 0 Å². The van der Waals surface area contributed by atoms with Gasteiger partial charge in [-0.15, -0.1) is 0 Å². The van der Waals surface area contributed by atoms with Crippen molar-refractivity contribution in [3.8, 4) is 0 Å². The van der Waals surface area contributed by atoms with Crippen LogP contribution < -0.4 is 9.80 Å². The van der Waals surface area contributed by atoms with Gasteiger partial charge in [-0.1, -0.05) is 140 Å². The van der Waals surface area contributed by atoms with E-state index in [1.54, 1.807) is 0 Å². The van der Waals surface area contributed by atoms with E-state index < -0.39 is 5.41 Å². The zero-order valence-electron chi connectivity index (χ0n) is 32.5. The number of hydrogen-bond acceptors (Lipinski definition) is 2. The number of benzene rings is 4. The maximum absolute atomic E-state index is 4.59. The van der Waals surface area contributed by atoms with Crippen LogP contribution in [0, 0.1) is 6.92 Å². The molecule has 4 aromatic rings. The molecule has 5 aliphatic rings. The van der Waals surface area contributed by atoms with Crippen LogP contribution in [-0.2, 0) is 5.41 Å². The van der Waals surface area contributed by atoms with Gasteiger partial charge in [-0.2, -0.15) is 0 Å². The monoisotopic (exact) mass is 724 g/mol. The van der Waals surface area contributed by atoms with Crippen LogP contribution in [0.5, 0.6) is 0 Å². The number of allylic oxidation sites excluding steroid dienone is 18. The van der Waals surface area contributed by atoms with Gasteiger partial charge in [0.1, 0.15) is 0 Å². The summed E-state index contributed by atoms with van der Waals surface area (Å²) in [4.78, 5) is 4.89. The lowest BCUT2D eigenvalue weighted by Gasteiger charge is -2.35. The molecule has 0 aliphatic heterocycles. The van der Waals surface area contributed by atoms with Gasteiger partial charge in [-0.3, -0.25) is 0 Å². The highest BCUT2D eigenvalue weighted by atomic mass is 15.2. The molecule has 0 heterocycles. The summed E-state index contributed by atoms with van der Waals surface area (Å²) in [5, 5.41) is 0. The lowest BCUT2D eigenvalue weighted by Crippen LogP contribution is -2.29. The first-order valence-electron chi connectivity index (χ1n) is 20.0. The number of nitrogens with zero attached hydrogens (tertiary/aromatic N) is 2. The number of hydrogen-bond donors (Lipinski definition) is 0. The molecule has 56 heavy (non-hydrogen) atoms. The molecule has 0 saturated heterocycles. The maximum Gasteiger partial charge on any atom is 0.0689 e. The summed E-state index contributed by atoms with van der Waals surface area (Å²) < 4.78 is 0. The first-order chi connectivity index (χ1) is 27.6. The van der Waals surface area contributed by atoms with Crippen molar-refractivity contribution in [3.63, 3.8) is 0 Å². The van der Waals surface area contributed by atoms with Crippen LogP contribution in [0.4, 0.5) is 17.1 Å². The predicted molar refractivity (Wildman–Crippen MR) is 239 cm³/mol. The topological polar surface area (TPSA) is 6.48 Å². The van der Waals surface area contributed by atoms with Crippen LogP contribution in [0.2, 0.25) is 0 Å². The molecule has 0 fully saturated rings. The molecule has 274 valence electrons.